The van der Waals surface area contributed by atoms with Gasteiger partial charge in [0.25, 0.3) is 0 Å². The number of rotatable bonds is 3. The third-order valence-corrected chi connectivity index (χ3v) is 5.42. The van der Waals surface area contributed by atoms with Gasteiger partial charge in [-0.15, -0.1) is 0 Å². The van der Waals surface area contributed by atoms with Crippen LogP contribution in [-0.2, 0) is 6.42 Å². The van der Waals surface area contributed by atoms with Crippen LogP contribution in [0.3, 0.4) is 0 Å². The summed E-state index contributed by atoms with van der Waals surface area (Å²) in [5.74, 6) is 1.58. The average molecular weight is 286 g/mol. The van der Waals surface area contributed by atoms with Gasteiger partial charge in [-0.05, 0) is 49.8 Å². The van der Waals surface area contributed by atoms with Crippen molar-refractivity contribution in [3.63, 3.8) is 0 Å². The zero-order valence-corrected chi connectivity index (χ0v) is 13.6. The van der Waals surface area contributed by atoms with Crippen LogP contribution in [-0.4, -0.2) is 26.2 Å². The minimum absolute atomic E-state index is 0.705. The standard InChI is InChI=1S/C19H30N2/c1-15-12-16-8-6-7-11-19(16)21(13-15)14-17-9-4-3-5-10-18(17)20-2/h6-8,11,15,17-18,20H,3-5,9-10,12-14H2,1-2H3. The Morgan fingerprint density at radius 1 is 1.14 bits per heavy atom. The molecule has 3 atom stereocenters. The van der Waals surface area contributed by atoms with Crippen molar-refractivity contribution in [3.05, 3.63) is 29.8 Å². The van der Waals surface area contributed by atoms with Crippen LogP contribution in [0.25, 0.3) is 0 Å². The molecular weight excluding hydrogens is 256 g/mol. The molecule has 0 aromatic heterocycles. The number of nitrogens with one attached hydrogen (secondary N) is 1. The predicted octanol–water partition coefficient (Wildman–Crippen LogP) is 3.85. The second kappa shape index (κ2) is 6.83. The summed E-state index contributed by atoms with van der Waals surface area (Å²) in [5.41, 5.74) is 3.04. The molecule has 3 unspecified atom stereocenters. The van der Waals surface area contributed by atoms with Gasteiger partial charge < -0.3 is 10.2 Å². The molecule has 1 aliphatic heterocycles. The van der Waals surface area contributed by atoms with Crippen LogP contribution in [0, 0.1) is 11.8 Å². The molecule has 21 heavy (non-hydrogen) atoms. The zero-order valence-electron chi connectivity index (χ0n) is 13.6. The lowest BCUT2D eigenvalue weighted by atomic mass is 9.90. The minimum Gasteiger partial charge on any atom is -0.371 e. The molecule has 0 saturated heterocycles. The van der Waals surface area contributed by atoms with E-state index in [9.17, 15) is 0 Å². The second-order valence-corrected chi connectivity index (χ2v) is 7.14. The Kier molecular flexibility index (Phi) is 4.84. The van der Waals surface area contributed by atoms with Crippen molar-refractivity contribution in [1.29, 1.82) is 0 Å². The number of hydrogen-bond acceptors (Lipinski definition) is 2. The van der Waals surface area contributed by atoms with Crippen LogP contribution in [0.1, 0.15) is 44.6 Å². The van der Waals surface area contributed by atoms with Crippen molar-refractivity contribution in [3.8, 4) is 0 Å². The number of fused-ring (bicyclic) bond motifs is 1. The first kappa shape index (κ1) is 14.9. The van der Waals surface area contributed by atoms with Gasteiger partial charge in [-0.25, -0.2) is 0 Å². The Labute approximate surface area is 129 Å². The second-order valence-electron chi connectivity index (χ2n) is 7.14. The van der Waals surface area contributed by atoms with Gasteiger partial charge in [0.2, 0.25) is 0 Å². The van der Waals surface area contributed by atoms with E-state index in [4.69, 9.17) is 0 Å². The number of nitrogens with zero attached hydrogens (tertiary/aromatic N) is 1. The van der Waals surface area contributed by atoms with Crippen LogP contribution in [0.4, 0.5) is 5.69 Å². The summed E-state index contributed by atoms with van der Waals surface area (Å²) in [5, 5.41) is 3.59. The van der Waals surface area contributed by atoms with E-state index in [0.29, 0.717) is 6.04 Å². The molecule has 2 aliphatic rings. The molecule has 0 bridgehead atoms. The van der Waals surface area contributed by atoms with Crippen molar-refractivity contribution in [1.82, 2.24) is 5.32 Å². The zero-order chi connectivity index (χ0) is 14.7. The first-order valence-corrected chi connectivity index (χ1v) is 8.78. The van der Waals surface area contributed by atoms with Crippen molar-refractivity contribution < 1.29 is 0 Å². The van der Waals surface area contributed by atoms with E-state index in [1.54, 1.807) is 5.56 Å². The van der Waals surface area contributed by atoms with E-state index in [1.165, 1.54) is 57.3 Å². The minimum atomic E-state index is 0.705. The normalized spacial score (nSPS) is 29.8. The molecule has 2 nitrogen and oxygen atoms in total. The van der Waals surface area contributed by atoms with Crippen LogP contribution < -0.4 is 10.2 Å². The highest BCUT2D eigenvalue weighted by molar-refractivity contribution is 5.55. The Balaban J connectivity index is 1.77. The summed E-state index contributed by atoms with van der Waals surface area (Å²) in [6, 6.07) is 9.74. The molecule has 1 N–H and O–H groups in total. The smallest absolute Gasteiger partial charge is 0.0399 e. The first-order valence-electron chi connectivity index (χ1n) is 8.78. The molecule has 3 rings (SSSR count). The molecule has 1 aromatic rings. The van der Waals surface area contributed by atoms with Gasteiger partial charge >= 0.3 is 0 Å². The number of para-hydroxylation sites is 1. The molecular formula is C19H30N2. The van der Waals surface area contributed by atoms with E-state index >= 15 is 0 Å². The van der Waals surface area contributed by atoms with Crippen LogP contribution in [0.2, 0.25) is 0 Å². The Hall–Kier alpha value is -1.02. The van der Waals surface area contributed by atoms with Crippen molar-refractivity contribution in [2.24, 2.45) is 11.8 Å². The topological polar surface area (TPSA) is 15.3 Å². The maximum Gasteiger partial charge on any atom is 0.0399 e. The van der Waals surface area contributed by atoms with E-state index < -0.39 is 0 Å². The van der Waals surface area contributed by atoms with Gasteiger partial charge in [-0.2, -0.15) is 0 Å². The van der Waals surface area contributed by atoms with Gasteiger partial charge in [-0.1, -0.05) is 44.4 Å². The van der Waals surface area contributed by atoms with Gasteiger partial charge in [0.15, 0.2) is 0 Å². The first-order chi connectivity index (χ1) is 10.3. The molecule has 116 valence electrons. The van der Waals surface area contributed by atoms with Gasteiger partial charge in [0.05, 0.1) is 0 Å². The van der Waals surface area contributed by atoms with Gasteiger partial charge in [0.1, 0.15) is 0 Å². The Morgan fingerprint density at radius 2 is 1.95 bits per heavy atom. The monoisotopic (exact) mass is 286 g/mol. The Bertz CT molecular complexity index is 457. The fourth-order valence-corrected chi connectivity index (χ4v) is 4.35. The van der Waals surface area contributed by atoms with E-state index in [1.807, 2.05) is 0 Å². The van der Waals surface area contributed by atoms with Crippen LogP contribution in [0.5, 0.6) is 0 Å². The van der Waals surface area contributed by atoms with Crippen molar-refractivity contribution >= 4 is 5.69 Å². The third-order valence-electron chi connectivity index (χ3n) is 5.42. The summed E-state index contributed by atoms with van der Waals surface area (Å²) in [6.07, 6.45) is 8.21. The summed E-state index contributed by atoms with van der Waals surface area (Å²) >= 11 is 0. The predicted molar refractivity (Wildman–Crippen MR) is 90.9 cm³/mol. The fourth-order valence-electron chi connectivity index (χ4n) is 4.35. The number of hydrogen-bond donors (Lipinski definition) is 1. The van der Waals surface area contributed by atoms with Crippen LogP contribution >= 0.6 is 0 Å². The average Bonchev–Trinajstić information content (AvgIpc) is 2.72. The molecule has 1 fully saturated rings. The third kappa shape index (κ3) is 3.42. The maximum atomic E-state index is 3.59. The summed E-state index contributed by atoms with van der Waals surface area (Å²) in [7, 11) is 2.15. The molecule has 1 aromatic carbocycles. The van der Waals surface area contributed by atoms with Gasteiger partial charge in [-0.3, -0.25) is 0 Å². The van der Waals surface area contributed by atoms with E-state index in [0.717, 1.165) is 11.8 Å². The molecule has 0 spiro atoms. The SMILES string of the molecule is CNC1CCCCCC1CN1CC(C)Cc2ccccc21. The quantitative estimate of drug-likeness (QED) is 0.849. The lowest BCUT2D eigenvalue weighted by Crippen LogP contribution is -2.43. The maximum absolute atomic E-state index is 3.59. The largest absolute Gasteiger partial charge is 0.371 e. The van der Waals surface area contributed by atoms with E-state index in [-0.39, 0.29) is 0 Å². The highest BCUT2D eigenvalue weighted by Gasteiger charge is 2.28. The fraction of sp³-hybridized carbons (Fsp3) is 0.684. The van der Waals surface area contributed by atoms with Crippen LogP contribution in [0.15, 0.2) is 24.3 Å². The molecule has 0 radical (unpaired) electrons. The summed E-state index contributed by atoms with van der Waals surface area (Å²) in [4.78, 5) is 2.67. The molecule has 1 saturated carbocycles. The lowest BCUT2D eigenvalue weighted by Gasteiger charge is -2.38. The van der Waals surface area contributed by atoms with Gasteiger partial charge in [0, 0.05) is 24.8 Å². The van der Waals surface area contributed by atoms with E-state index in [2.05, 4.69) is 48.5 Å². The Morgan fingerprint density at radius 3 is 2.81 bits per heavy atom. The molecule has 1 heterocycles. The summed E-state index contributed by atoms with van der Waals surface area (Å²) in [6.45, 7) is 4.85. The van der Waals surface area contributed by atoms with Crippen molar-refractivity contribution in [2.75, 3.05) is 25.0 Å². The highest BCUT2D eigenvalue weighted by atomic mass is 15.1. The molecule has 0 amide bonds. The number of benzene rings is 1. The van der Waals surface area contributed by atoms with Crippen molar-refractivity contribution in [2.45, 2.75) is 51.5 Å². The molecule has 2 heteroatoms. The summed E-state index contributed by atoms with van der Waals surface area (Å²) < 4.78 is 0. The highest BCUT2D eigenvalue weighted by Crippen LogP contribution is 2.32. The lowest BCUT2D eigenvalue weighted by molar-refractivity contribution is 0.344. The molecule has 1 aliphatic carbocycles. The number of anilines is 1.